The molecular weight excluding hydrogens is 253 g/mol. The number of rotatable bonds is 5. The van der Waals surface area contributed by atoms with Gasteiger partial charge in [-0.05, 0) is 24.1 Å². The molecule has 0 aliphatic rings. The molecule has 0 saturated heterocycles. The summed E-state index contributed by atoms with van der Waals surface area (Å²) in [5.41, 5.74) is 1.58. The SMILES string of the molecule is O=C(/C=C/c1ccccc1F)NCCc1ccccc1. The Morgan fingerprint density at radius 2 is 1.75 bits per heavy atom. The fraction of sp³-hybridized carbons (Fsp3) is 0.118. The monoisotopic (exact) mass is 269 g/mol. The minimum absolute atomic E-state index is 0.218. The molecule has 0 aromatic heterocycles. The number of hydrogen-bond donors (Lipinski definition) is 1. The van der Waals surface area contributed by atoms with E-state index in [4.69, 9.17) is 0 Å². The van der Waals surface area contributed by atoms with Crippen molar-refractivity contribution in [3.05, 3.63) is 77.6 Å². The molecule has 1 amide bonds. The van der Waals surface area contributed by atoms with E-state index in [0.29, 0.717) is 12.1 Å². The molecule has 0 aliphatic heterocycles. The van der Waals surface area contributed by atoms with Gasteiger partial charge in [0.1, 0.15) is 5.82 Å². The molecule has 20 heavy (non-hydrogen) atoms. The molecule has 0 bridgehead atoms. The maximum absolute atomic E-state index is 13.3. The van der Waals surface area contributed by atoms with Crippen molar-refractivity contribution in [2.75, 3.05) is 6.54 Å². The van der Waals surface area contributed by atoms with Crippen LogP contribution in [0, 0.1) is 5.82 Å². The number of hydrogen-bond acceptors (Lipinski definition) is 1. The average Bonchev–Trinajstić information content (AvgIpc) is 2.47. The molecule has 2 nitrogen and oxygen atoms in total. The van der Waals surface area contributed by atoms with Crippen LogP contribution in [0.4, 0.5) is 4.39 Å². The number of benzene rings is 2. The second-order valence-electron chi connectivity index (χ2n) is 4.38. The topological polar surface area (TPSA) is 29.1 Å². The van der Waals surface area contributed by atoms with Crippen LogP contribution in [0.2, 0.25) is 0 Å². The molecule has 3 heteroatoms. The Morgan fingerprint density at radius 3 is 2.50 bits per heavy atom. The van der Waals surface area contributed by atoms with E-state index in [1.165, 1.54) is 23.8 Å². The van der Waals surface area contributed by atoms with Crippen LogP contribution in [0.5, 0.6) is 0 Å². The third-order valence-corrected chi connectivity index (χ3v) is 2.88. The normalized spacial score (nSPS) is 10.7. The van der Waals surface area contributed by atoms with E-state index >= 15 is 0 Å². The van der Waals surface area contributed by atoms with Gasteiger partial charge in [0, 0.05) is 18.2 Å². The summed E-state index contributed by atoms with van der Waals surface area (Å²) in [5.74, 6) is -0.551. The van der Waals surface area contributed by atoms with Crippen molar-refractivity contribution in [1.82, 2.24) is 5.32 Å². The molecule has 0 fully saturated rings. The van der Waals surface area contributed by atoms with Gasteiger partial charge in [-0.1, -0.05) is 48.5 Å². The summed E-state index contributed by atoms with van der Waals surface area (Å²) >= 11 is 0. The number of amides is 1. The highest BCUT2D eigenvalue weighted by molar-refractivity contribution is 5.91. The standard InChI is InChI=1S/C17H16FNO/c18-16-9-5-4-8-15(16)10-11-17(20)19-13-12-14-6-2-1-3-7-14/h1-11H,12-13H2,(H,19,20)/b11-10+. The molecule has 102 valence electrons. The van der Waals surface area contributed by atoms with Gasteiger partial charge in [-0.15, -0.1) is 0 Å². The Kier molecular flexibility index (Phi) is 5.07. The van der Waals surface area contributed by atoms with Crippen molar-refractivity contribution in [3.8, 4) is 0 Å². The summed E-state index contributed by atoms with van der Waals surface area (Å²) in [6, 6.07) is 16.3. The molecule has 2 rings (SSSR count). The Bertz CT molecular complexity index is 593. The lowest BCUT2D eigenvalue weighted by Gasteiger charge is -2.02. The van der Waals surface area contributed by atoms with Crippen LogP contribution in [0.15, 0.2) is 60.7 Å². The van der Waals surface area contributed by atoms with E-state index in [1.54, 1.807) is 18.2 Å². The molecule has 2 aromatic carbocycles. The van der Waals surface area contributed by atoms with Gasteiger partial charge in [-0.3, -0.25) is 4.79 Å². The van der Waals surface area contributed by atoms with Crippen molar-refractivity contribution in [2.45, 2.75) is 6.42 Å². The highest BCUT2D eigenvalue weighted by Gasteiger charge is 1.98. The Hall–Kier alpha value is -2.42. The van der Waals surface area contributed by atoms with Crippen LogP contribution in [0.3, 0.4) is 0 Å². The van der Waals surface area contributed by atoms with Crippen LogP contribution in [-0.4, -0.2) is 12.5 Å². The summed E-state index contributed by atoms with van der Waals surface area (Å²) in [4.78, 5) is 11.6. The maximum atomic E-state index is 13.3. The number of carbonyl (C=O) groups is 1. The Balaban J connectivity index is 1.80. The lowest BCUT2D eigenvalue weighted by Crippen LogP contribution is -2.23. The highest BCUT2D eigenvalue weighted by Crippen LogP contribution is 2.07. The van der Waals surface area contributed by atoms with E-state index in [1.807, 2.05) is 30.3 Å². The van der Waals surface area contributed by atoms with Crippen LogP contribution >= 0.6 is 0 Å². The van der Waals surface area contributed by atoms with Gasteiger partial charge in [0.15, 0.2) is 0 Å². The summed E-state index contributed by atoms with van der Waals surface area (Å²) in [7, 11) is 0. The lowest BCUT2D eigenvalue weighted by molar-refractivity contribution is -0.116. The number of nitrogens with one attached hydrogen (secondary N) is 1. The first kappa shape index (κ1) is 14.0. The predicted molar refractivity (Wildman–Crippen MR) is 78.6 cm³/mol. The van der Waals surface area contributed by atoms with E-state index in [2.05, 4.69) is 5.32 Å². The molecule has 1 N–H and O–H groups in total. The van der Waals surface area contributed by atoms with Gasteiger partial charge in [0.2, 0.25) is 5.91 Å². The van der Waals surface area contributed by atoms with E-state index in [0.717, 1.165) is 6.42 Å². The van der Waals surface area contributed by atoms with Crippen molar-refractivity contribution >= 4 is 12.0 Å². The van der Waals surface area contributed by atoms with E-state index in [9.17, 15) is 9.18 Å². The third kappa shape index (κ3) is 4.35. The molecular formula is C17H16FNO. The van der Waals surface area contributed by atoms with Gasteiger partial charge < -0.3 is 5.32 Å². The fourth-order valence-electron chi connectivity index (χ4n) is 1.81. The van der Waals surface area contributed by atoms with Crippen LogP contribution < -0.4 is 5.32 Å². The summed E-state index contributed by atoms with van der Waals surface area (Å²) in [5, 5.41) is 2.77. The zero-order valence-electron chi connectivity index (χ0n) is 11.1. The zero-order valence-corrected chi connectivity index (χ0v) is 11.1. The zero-order chi connectivity index (χ0) is 14.2. The second-order valence-corrected chi connectivity index (χ2v) is 4.38. The summed E-state index contributed by atoms with van der Waals surface area (Å²) in [6.07, 6.45) is 3.61. The van der Waals surface area contributed by atoms with Crippen molar-refractivity contribution < 1.29 is 9.18 Å². The molecule has 0 unspecified atom stereocenters. The van der Waals surface area contributed by atoms with Gasteiger partial charge in [-0.25, -0.2) is 4.39 Å². The smallest absolute Gasteiger partial charge is 0.244 e. The minimum Gasteiger partial charge on any atom is -0.352 e. The summed E-state index contributed by atoms with van der Waals surface area (Å²) < 4.78 is 13.3. The minimum atomic E-state index is -0.333. The van der Waals surface area contributed by atoms with Crippen molar-refractivity contribution in [3.63, 3.8) is 0 Å². The summed E-state index contributed by atoms with van der Waals surface area (Å²) in [6.45, 7) is 0.560. The van der Waals surface area contributed by atoms with Crippen molar-refractivity contribution in [2.24, 2.45) is 0 Å². The first-order valence-electron chi connectivity index (χ1n) is 6.50. The maximum Gasteiger partial charge on any atom is 0.244 e. The molecule has 0 radical (unpaired) electrons. The first-order valence-corrected chi connectivity index (χ1v) is 6.50. The van der Waals surface area contributed by atoms with Crippen LogP contribution in [0.1, 0.15) is 11.1 Å². The average molecular weight is 269 g/mol. The van der Waals surface area contributed by atoms with E-state index < -0.39 is 0 Å². The van der Waals surface area contributed by atoms with Gasteiger partial charge in [0.25, 0.3) is 0 Å². The molecule has 0 spiro atoms. The third-order valence-electron chi connectivity index (χ3n) is 2.88. The molecule has 0 atom stereocenters. The Labute approximate surface area is 118 Å². The number of carbonyl (C=O) groups excluding carboxylic acids is 1. The van der Waals surface area contributed by atoms with Gasteiger partial charge >= 0.3 is 0 Å². The first-order chi connectivity index (χ1) is 9.75. The van der Waals surface area contributed by atoms with Gasteiger partial charge in [-0.2, -0.15) is 0 Å². The largest absolute Gasteiger partial charge is 0.352 e. The van der Waals surface area contributed by atoms with E-state index in [-0.39, 0.29) is 11.7 Å². The predicted octanol–water partition coefficient (Wildman–Crippen LogP) is 3.20. The lowest BCUT2D eigenvalue weighted by atomic mass is 10.1. The van der Waals surface area contributed by atoms with Crippen molar-refractivity contribution in [1.29, 1.82) is 0 Å². The van der Waals surface area contributed by atoms with Gasteiger partial charge in [0.05, 0.1) is 0 Å². The quantitative estimate of drug-likeness (QED) is 0.830. The Morgan fingerprint density at radius 1 is 1.05 bits per heavy atom. The molecule has 0 aliphatic carbocycles. The fourth-order valence-corrected chi connectivity index (χ4v) is 1.81. The molecule has 0 heterocycles. The highest BCUT2D eigenvalue weighted by atomic mass is 19.1. The number of halogens is 1. The van der Waals surface area contributed by atoms with Crippen LogP contribution in [0.25, 0.3) is 6.08 Å². The molecule has 2 aromatic rings. The van der Waals surface area contributed by atoms with Crippen LogP contribution in [-0.2, 0) is 11.2 Å². The molecule has 0 saturated carbocycles. The second kappa shape index (κ2) is 7.24.